The molecule has 0 N–H and O–H groups in total. The molecule has 2 aliphatic rings. The normalized spacial score (nSPS) is 18.1. The molecule has 0 saturated carbocycles. The van der Waals surface area contributed by atoms with Crippen LogP contribution in [0.1, 0.15) is 29.5 Å². The van der Waals surface area contributed by atoms with Crippen molar-refractivity contribution >= 4 is 36.6 Å². The number of hydrogen-bond donors (Lipinski definition) is 0. The van der Waals surface area contributed by atoms with Gasteiger partial charge in [-0.05, 0) is 0 Å². The molecule has 15 heteroatoms. The van der Waals surface area contributed by atoms with Crippen molar-refractivity contribution in [2.75, 3.05) is 0 Å². The number of alkyl halides is 6. The molecule has 4 rings (SSSR count). The van der Waals surface area contributed by atoms with Crippen molar-refractivity contribution in [3.8, 4) is 0 Å². The summed E-state index contributed by atoms with van der Waals surface area (Å²) in [5.41, 5.74) is -5.48. The van der Waals surface area contributed by atoms with Gasteiger partial charge in [0, 0.05) is 0 Å². The Morgan fingerprint density at radius 1 is 0.667 bits per heavy atom. The minimum atomic E-state index is -6.09. The Bertz CT molecular complexity index is 1290. The average Bonchev–Trinajstić information content (AvgIpc) is 3.36. The van der Waals surface area contributed by atoms with E-state index in [0.717, 1.165) is 0 Å². The quantitative estimate of drug-likeness (QED) is 0.270. The van der Waals surface area contributed by atoms with Gasteiger partial charge in [0.25, 0.3) is 0 Å². The van der Waals surface area contributed by atoms with Gasteiger partial charge in [-0.2, -0.15) is 26.3 Å². The minimum absolute atomic E-state index is 0.620. The number of fused-ring (bicyclic) bond motifs is 2. The van der Waals surface area contributed by atoms with Gasteiger partial charge in [-0.3, -0.25) is 0 Å². The van der Waals surface area contributed by atoms with Crippen molar-refractivity contribution in [2.45, 2.75) is 18.3 Å². The monoisotopic (exact) mass is 632 g/mol. The Labute approximate surface area is 210 Å². The zero-order valence-electron chi connectivity index (χ0n) is 17.8. The van der Waals surface area contributed by atoms with E-state index >= 15 is 0 Å². The first-order chi connectivity index (χ1) is 16.3. The predicted octanol–water partition coefficient (Wildman–Crippen LogP) is 4.68. The molecule has 2 aromatic carbocycles. The van der Waals surface area contributed by atoms with Crippen LogP contribution in [0.5, 0.6) is 0 Å². The number of allylic oxidation sites excluding steroid dienone is 2. The molecule has 0 saturated heterocycles. The van der Waals surface area contributed by atoms with Gasteiger partial charge in [-0.1, -0.05) is 0 Å². The zero-order chi connectivity index (χ0) is 27.5. The molecule has 0 bridgehead atoms. The van der Waals surface area contributed by atoms with Gasteiger partial charge in [0.1, 0.15) is 0 Å². The summed E-state index contributed by atoms with van der Waals surface area (Å²) >= 11 is -1.85. The van der Waals surface area contributed by atoms with Gasteiger partial charge in [0.15, 0.2) is 20.2 Å². The van der Waals surface area contributed by atoms with Crippen molar-refractivity contribution in [1.82, 2.24) is 0 Å². The maximum atomic E-state index is 10.7. The van der Waals surface area contributed by atoms with E-state index in [2.05, 4.69) is 72.8 Å². The predicted molar refractivity (Wildman–Crippen MR) is 115 cm³/mol. The summed E-state index contributed by atoms with van der Waals surface area (Å²) in [6.07, 6.45) is 9.38. The van der Waals surface area contributed by atoms with Gasteiger partial charge in [0.05, 0.1) is 0 Å². The molecule has 6 nitrogen and oxygen atoms in total. The van der Waals surface area contributed by atoms with Crippen LogP contribution in [0, 0.1) is 0 Å². The van der Waals surface area contributed by atoms with E-state index in [1.54, 1.807) is 0 Å². The van der Waals surface area contributed by atoms with Crippen LogP contribution in [0.15, 0.2) is 60.7 Å². The average molecular weight is 634 g/mol. The molecular weight excluding hydrogens is 618 g/mol. The molecule has 36 heavy (non-hydrogen) atoms. The summed E-state index contributed by atoms with van der Waals surface area (Å²) in [7, 11) is -12.2. The summed E-state index contributed by atoms with van der Waals surface area (Å²) in [5.74, 6) is 0. The second-order valence-corrected chi connectivity index (χ2v) is 15.9. The van der Waals surface area contributed by atoms with Crippen LogP contribution in [0.2, 0.25) is 0 Å². The molecule has 2 atom stereocenters. The molecule has 194 valence electrons. The number of benzene rings is 2. The second kappa shape index (κ2) is 11.2. The Hall–Kier alpha value is -1.93. The third-order valence-corrected chi connectivity index (χ3v) is 12.5. The Morgan fingerprint density at radius 3 is 1.22 bits per heavy atom. The van der Waals surface area contributed by atoms with E-state index in [4.69, 9.17) is 30.2 Å². The van der Waals surface area contributed by atoms with Crippen molar-refractivity contribution in [2.24, 2.45) is 0 Å². The molecule has 2 aromatic rings. The summed E-state index contributed by atoms with van der Waals surface area (Å²) < 4.78 is 124. The molecule has 0 aromatic heterocycles. The van der Waals surface area contributed by atoms with Gasteiger partial charge in [0.2, 0.25) is 0 Å². The SMILES string of the molecule is O=S(=O)([O-])C(F)(F)F.O=S(=O)([O-])C(F)(F)F.[CH2]=[Zr+2]([CH]1C=Cc2ccccc21)[CH]1C=Cc2ccccc21. The fraction of sp³-hybridized carbons (Fsp3) is 0.190. The van der Waals surface area contributed by atoms with Crippen LogP contribution >= 0.6 is 0 Å². The van der Waals surface area contributed by atoms with Crippen molar-refractivity contribution in [3.05, 3.63) is 82.9 Å². The zero-order valence-corrected chi connectivity index (χ0v) is 21.9. The van der Waals surface area contributed by atoms with Crippen molar-refractivity contribution < 1.29 is 73.6 Å². The van der Waals surface area contributed by atoms with E-state index in [-0.39, 0.29) is 0 Å². The molecule has 0 radical (unpaired) electrons. The topological polar surface area (TPSA) is 114 Å². The number of hydrogen-bond acceptors (Lipinski definition) is 6. The molecule has 0 heterocycles. The number of rotatable bonds is 2. The van der Waals surface area contributed by atoms with Crippen LogP contribution in [-0.4, -0.2) is 41.2 Å². The molecule has 0 fully saturated rings. The Morgan fingerprint density at radius 2 is 0.944 bits per heavy atom. The van der Waals surface area contributed by atoms with Crippen LogP contribution < -0.4 is 0 Å². The Kier molecular flexibility index (Phi) is 9.44. The van der Waals surface area contributed by atoms with E-state index in [1.807, 2.05) is 0 Å². The van der Waals surface area contributed by atoms with Crippen LogP contribution in [-0.2, 0) is 41.5 Å². The fourth-order valence-corrected chi connectivity index (χ4v) is 9.23. The van der Waals surface area contributed by atoms with Gasteiger partial charge in [-0.25, -0.2) is 16.8 Å². The van der Waals surface area contributed by atoms with E-state index < -0.39 is 52.5 Å². The Balaban J connectivity index is 0.000000239. The van der Waals surface area contributed by atoms with Gasteiger partial charge < -0.3 is 9.11 Å². The number of halogens is 6. The standard InChI is InChI=1S/2C9H7.2CHF3O3S.CH2.Zr/c2*1-2-5-9-7-3-6-8(9)4-1;2*2-1(3,4)8(5,6)7;;/h2*1-7H;2*(H,5,6,7);1H2;/q;;;;;+2/p-2. The summed E-state index contributed by atoms with van der Waals surface area (Å²) in [6.45, 7) is 0. The van der Waals surface area contributed by atoms with Crippen LogP contribution in [0.25, 0.3) is 12.2 Å². The fourth-order valence-electron chi connectivity index (χ4n) is 3.34. The van der Waals surface area contributed by atoms with Gasteiger partial charge in [-0.15, -0.1) is 0 Å². The van der Waals surface area contributed by atoms with E-state index in [1.165, 1.54) is 22.3 Å². The van der Waals surface area contributed by atoms with Gasteiger partial charge >= 0.3 is 139 Å². The van der Waals surface area contributed by atoms with E-state index in [0.29, 0.717) is 7.25 Å². The van der Waals surface area contributed by atoms with Crippen LogP contribution in [0.3, 0.4) is 0 Å². The third-order valence-electron chi connectivity index (χ3n) is 4.96. The van der Waals surface area contributed by atoms with Crippen molar-refractivity contribution in [3.63, 3.8) is 0 Å². The summed E-state index contributed by atoms with van der Waals surface area (Å²) in [6, 6.07) is 17.6. The molecule has 0 spiro atoms. The molecular formula is C21H16F6O6S2Zr. The second-order valence-electron chi connectivity index (χ2n) is 7.31. The third kappa shape index (κ3) is 7.54. The van der Waals surface area contributed by atoms with Crippen LogP contribution in [0.4, 0.5) is 26.3 Å². The molecule has 2 unspecified atom stereocenters. The van der Waals surface area contributed by atoms with E-state index in [9.17, 15) is 26.3 Å². The first kappa shape index (κ1) is 30.3. The molecule has 0 aliphatic heterocycles. The molecule has 2 aliphatic carbocycles. The summed E-state index contributed by atoms with van der Waals surface area (Å²) in [4.78, 5) is 0. The first-order valence-electron chi connectivity index (χ1n) is 9.62. The summed E-state index contributed by atoms with van der Waals surface area (Å²) in [5, 5.41) is 0. The maximum absolute atomic E-state index is 10.7. The van der Waals surface area contributed by atoms with Crippen molar-refractivity contribution in [1.29, 1.82) is 0 Å². The molecule has 0 amide bonds. The first-order valence-corrected chi connectivity index (χ1v) is 17.0.